The summed E-state index contributed by atoms with van der Waals surface area (Å²) in [5, 5.41) is 2.88. The molecule has 0 aliphatic rings. The maximum absolute atomic E-state index is 12.0. The molecule has 1 aromatic carbocycles. The Hall–Kier alpha value is -2.04. The minimum absolute atomic E-state index is 0.0149. The van der Waals surface area contributed by atoms with E-state index in [1.165, 1.54) is 0 Å². The van der Waals surface area contributed by atoms with Gasteiger partial charge in [-0.2, -0.15) is 0 Å². The molecule has 0 radical (unpaired) electrons. The standard InChI is InChI=1S/C18H29N3O2/c1-7-13(3)21(14(4)22)12-15-11-16(19-18(23)8-2)9-10-17(15)20(5)6/h9-11,13H,7-8,12H2,1-6H3,(H,19,23)/t13-/m1/s1. The van der Waals surface area contributed by atoms with Gasteiger partial charge in [0.2, 0.25) is 11.8 Å². The zero-order valence-electron chi connectivity index (χ0n) is 15.1. The summed E-state index contributed by atoms with van der Waals surface area (Å²) in [6.07, 6.45) is 1.35. The molecule has 0 saturated heterocycles. The maximum Gasteiger partial charge on any atom is 0.224 e. The molecule has 2 amide bonds. The van der Waals surface area contributed by atoms with E-state index in [1.54, 1.807) is 6.92 Å². The molecule has 128 valence electrons. The minimum atomic E-state index is -0.0149. The molecule has 23 heavy (non-hydrogen) atoms. The normalized spacial score (nSPS) is 11.7. The van der Waals surface area contributed by atoms with Gasteiger partial charge in [-0.25, -0.2) is 0 Å². The van der Waals surface area contributed by atoms with Crippen LogP contribution >= 0.6 is 0 Å². The molecule has 5 heteroatoms. The van der Waals surface area contributed by atoms with E-state index in [0.29, 0.717) is 13.0 Å². The van der Waals surface area contributed by atoms with Crippen molar-refractivity contribution in [3.05, 3.63) is 23.8 Å². The Morgan fingerprint density at radius 3 is 2.35 bits per heavy atom. The monoisotopic (exact) mass is 319 g/mol. The van der Waals surface area contributed by atoms with E-state index in [9.17, 15) is 9.59 Å². The molecule has 0 unspecified atom stereocenters. The summed E-state index contributed by atoms with van der Waals surface area (Å²) in [5.41, 5.74) is 2.85. The fourth-order valence-corrected chi connectivity index (χ4v) is 2.46. The first-order valence-electron chi connectivity index (χ1n) is 8.17. The van der Waals surface area contributed by atoms with Crippen molar-refractivity contribution in [1.29, 1.82) is 0 Å². The number of benzene rings is 1. The molecule has 1 aromatic rings. The topological polar surface area (TPSA) is 52.7 Å². The molecule has 0 spiro atoms. The molecule has 0 aliphatic carbocycles. The largest absolute Gasteiger partial charge is 0.377 e. The number of rotatable bonds is 7. The van der Waals surface area contributed by atoms with Crippen LogP contribution in [0.2, 0.25) is 0 Å². The zero-order valence-corrected chi connectivity index (χ0v) is 15.1. The van der Waals surface area contributed by atoms with E-state index in [-0.39, 0.29) is 17.9 Å². The summed E-state index contributed by atoms with van der Waals surface area (Å²) >= 11 is 0. The highest BCUT2D eigenvalue weighted by atomic mass is 16.2. The van der Waals surface area contributed by atoms with Gasteiger partial charge in [-0.05, 0) is 37.1 Å². The SMILES string of the molecule is CCC(=O)Nc1ccc(N(C)C)c(CN(C(C)=O)[C@H](C)CC)c1. The quantitative estimate of drug-likeness (QED) is 0.839. The van der Waals surface area contributed by atoms with Crippen LogP contribution in [0.5, 0.6) is 0 Å². The van der Waals surface area contributed by atoms with Crippen molar-refractivity contribution in [2.45, 2.75) is 53.1 Å². The van der Waals surface area contributed by atoms with Crippen LogP contribution < -0.4 is 10.2 Å². The molecule has 0 fully saturated rings. The third kappa shape index (κ3) is 5.27. The molecular formula is C18H29N3O2. The Kier molecular flexibility index (Phi) is 7.07. The van der Waals surface area contributed by atoms with E-state index in [1.807, 2.05) is 49.0 Å². The molecule has 1 atom stereocenters. The van der Waals surface area contributed by atoms with Crippen LogP contribution in [0.1, 0.15) is 46.1 Å². The van der Waals surface area contributed by atoms with E-state index in [2.05, 4.69) is 19.2 Å². The van der Waals surface area contributed by atoms with Gasteiger partial charge in [0.25, 0.3) is 0 Å². The van der Waals surface area contributed by atoms with Gasteiger partial charge in [-0.3, -0.25) is 9.59 Å². The van der Waals surface area contributed by atoms with Crippen LogP contribution in [0.25, 0.3) is 0 Å². The third-order valence-electron chi connectivity index (χ3n) is 4.03. The van der Waals surface area contributed by atoms with Crippen molar-refractivity contribution in [3.63, 3.8) is 0 Å². The second kappa shape index (κ2) is 8.56. The van der Waals surface area contributed by atoms with Crippen LogP contribution in [0, 0.1) is 0 Å². The first-order chi connectivity index (χ1) is 10.8. The number of nitrogens with one attached hydrogen (secondary N) is 1. The summed E-state index contributed by atoms with van der Waals surface area (Å²) in [5.74, 6) is 0.0472. The molecule has 0 saturated carbocycles. The Bertz CT molecular complexity index is 555. The minimum Gasteiger partial charge on any atom is -0.377 e. The Labute approximate surface area is 139 Å². The van der Waals surface area contributed by atoms with Crippen molar-refractivity contribution in [1.82, 2.24) is 4.90 Å². The molecule has 5 nitrogen and oxygen atoms in total. The second-order valence-corrected chi connectivity index (χ2v) is 6.04. The number of carbonyl (C=O) groups is 2. The molecule has 0 heterocycles. The molecule has 1 N–H and O–H groups in total. The van der Waals surface area contributed by atoms with Crippen molar-refractivity contribution in [2.75, 3.05) is 24.3 Å². The Morgan fingerprint density at radius 1 is 1.22 bits per heavy atom. The van der Waals surface area contributed by atoms with Gasteiger partial charge in [0.15, 0.2) is 0 Å². The second-order valence-electron chi connectivity index (χ2n) is 6.04. The lowest BCUT2D eigenvalue weighted by Gasteiger charge is -2.29. The van der Waals surface area contributed by atoms with E-state index in [0.717, 1.165) is 23.4 Å². The number of anilines is 2. The summed E-state index contributed by atoms with van der Waals surface area (Å²) in [4.78, 5) is 27.5. The average Bonchev–Trinajstić information content (AvgIpc) is 2.51. The predicted molar refractivity (Wildman–Crippen MR) is 95.7 cm³/mol. The fraction of sp³-hybridized carbons (Fsp3) is 0.556. The van der Waals surface area contributed by atoms with Gasteiger partial charge in [-0.1, -0.05) is 13.8 Å². The summed E-state index contributed by atoms with van der Waals surface area (Å²) < 4.78 is 0. The van der Waals surface area contributed by atoms with E-state index >= 15 is 0 Å². The van der Waals surface area contributed by atoms with Gasteiger partial charge >= 0.3 is 0 Å². The lowest BCUT2D eigenvalue weighted by molar-refractivity contribution is -0.131. The number of nitrogens with zero attached hydrogens (tertiary/aromatic N) is 2. The highest BCUT2D eigenvalue weighted by Crippen LogP contribution is 2.25. The van der Waals surface area contributed by atoms with Crippen LogP contribution in [-0.4, -0.2) is 36.9 Å². The highest BCUT2D eigenvalue weighted by molar-refractivity contribution is 5.90. The average molecular weight is 319 g/mol. The summed E-state index contributed by atoms with van der Waals surface area (Å²) in [6.45, 7) is 8.09. The molecule has 0 aliphatic heterocycles. The Morgan fingerprint density at radius 2 is 1.87 bits per heavy atom. The van der Waals surface area contributed by atoms with Gasteiger partial charge < -0.3 is 15.1 Å². The van der Waals surface area contributed by atoms with Gasteiger partial charge in [0.05, 0.1) is 0 Å². The first kappa shape index (κ1) is 19.0. The van der Waals surface area contributed by atoms with Crippen LogP contribution in [-0.2, 0) is 16.1 Å². The maximum atomic E-state index is 12.0. The van der Waals surface area contributed by atoms with Crippen molar-refractivity contribution >= 4 is 23.2 Å². The number of amides is 2. The van der Waals surface area contributed by atoms with Crippen LogP contribution in [0.15, 0.2) is 18.2 Å². The molecule has 0 bridgehead atoms. The van der Waals surface area contributed by atoms with Crippen molar-refractivity contribution in [3.8, 4) is 0 Å². The van der Waals surface area contributed by atoms with Crippen molar-refractivity contribution in [2.24, 2.45) is 0 Å². The van der Waals surface area contributed by atoms with Crippen LogP contribution in [0.4, 0.5) is 11.4 Å². The summed E-state index contributed by atoms with van der Waals surface area (Å²) in [7, 11) is 3.95. The summed E-state index contributed by atoms with van der Waals surface area (Å²) in [6, 6.07) is 6.02. The molecular weight excluding hydrogens is 290 g/mol. The van der Waals surface area contributed by atoms with E-state index < -0.39 is 0 Å². The molecule has 1 rings (SSSR count). The third-order valence-corrected chi connectivity index (χ3v) is 4.03. The van der Waals surface area contributed by atoms with Crippen molar-refractivity contribution < 1.29 is 9.59 Å². The van der Waals surface area contributed by atoms with Gasteiger partial charge in [0, 0.05) is 51.4 Å². The Balaban J connectivity index is 3.15. The van der Waals surface area contributed by atoms with E-state index in [4.69, 9.17) is 0 Å². The zero-order chi connectivity index (χ0) is 17.6. The number of hydrogen-bond acceptors (Lipinski definition) is 3. The van der Waals surface area contributed by atoms with Gasteiger partial charge in [-0.15, -0.1) is 0 Å². The lowest BCUT2D eigenvalue weighted by Crippen LogP contribution is -2.36. The molecule has 0 aromatic heterocycles. The highest BCUT2D eigenvalue weighted by Gasteiger charge is 2.18. The first-order valence-corrected chi connectivity index (χ1v) is 8.17. The number of hydrogen-bond donors (Lipinski definition) is 1. The van der Waals surface area contributed by atoms with Crippen LogP contribution in [0.3, 0.4) is 0 Å². The number of carbonyl (C=O) groups excluding carboxylic acids is 2. The predicted octanol–water partition coefficient (Wildman–Crippen LogP) is 3.25. The lowest BCUT2D eigenvalue weighted by atomic mass is 10.1. The van der Waals surface area contributed by atoms with Gasteiger partial charge in [0.1, 0.15) is 0 Å². The fourth-order valence-electron chi connectivity index (χ4n) is 2.46. The smallest absolute Gasteiger partial charge is 0.224 e.